The Bertz CT molecular complexity index is 629. The third-order valence-electron chi connectivity index (χ3n) is 3.01. The van der Waals surface area contributed by atoms with E-state index >= 15 is 0 Å². The fraction of sp³-hybridized carbons (Fsp3) is 0.133. The topological polar surface area (TPSA) is 77.4 Å². The van der Waals surface area contributed by atoms with E-state index in [9.17, 15) is 0 Å². The number of hydrogen-bond acceptors (Lipinski definition) is 4. The van der Waals surface area contributed by atoms with Gasteiger partial charge >= 0.3 is 0 Å². The zero-order valence-electron chi connectivity index (χ0n) is 11.5. The molecule has 0 spiro atoms. The van der Waals surface area contributed by atoms with E-state index in [1.807, 2.05) is 29.7 Å². The van der Waals surface area contributed by atoms with Crippen molar-refractivity contribution in [2.45, 2.75) is 6.54 Å². The molecule has 4 N–H and O–H groups in total. The van der Waals surface area contributed by atoms with Crippen LogP contribution in [0.5, 0.6) is 5.75 Å². The predicted octanol–water partition coefficient (Wildman–Crippen LogP) is 3.26. The summed E-state index contributed by atoms with van der Waals surface area (Å²) in [6.07, 6.45) is 0. The van der Waals surface area contributed by atoms with Crippen LogP contribution >= 0.6 is 11.6 Å². The van der Waals surface area contributed by atoms with E-state index < -0.39 is 0 Å². The van der Waals surface area contributed by atoms with E-state index in [1.54, 1.807) is 25.3 Å². The molecule has 0 bridgehead atoms. The molecule has 0 fully saturated rings. The van der Waals surface area contributed by atoms with Crippen molar-refractivity contribution in [3.8, 4) is 5.75 Å². The van der Waals surface area contributed by atoms with Crippen LogP contribution < -0.4 is 15.5 Å². The summed E-state index contributed by atoms with van der Waals surface area (Å²) in [5.41, 5.74) is 4.26. The molecule has 0 aliphatic rings. The van der Waals surface area contributed by atoms with Gasteiger partial charge in [-0.1, -0.05) is 11.6 Å². The second kappa shape index (κ2) is 6.97. The Labute approximate surface area is 128 Å². The van der Waals surface area contributed by atoms with Crippen molar-refractivity contribution in [3.63, 3.8) is 0 Å². The molecule has 0 saturated heterocycles. The van der Waals surface area contributed by atoms with Crippen LogP contribution in [0.4, 0.5) is 5.69 Å². The molecule has 0 radical (unpaired) electrons. The van der Waals surface area contributed by atoms with Crippen LogP contribution in [0.1, 0.15) is 11.1 Å². The van der Waals surface area contributed by atoms with Crippen LogP contribution in [0.2, 0.25) is 5.02 Å². The molecule has 0 aromatic heterocycles. The first-order valence-electron chi connectivity index (χ1n) is 6.29. The predicted molar refractivity (Wildman–Crippen MR) is 83.5 cm³/mol. The van der Waals surface area contributed by atoms with Gasteiger partial charge < -0.3 is 10.1 Å². The fourth-order valence-corrected chi connectivity index (χ4v) is 2.10. The molecule has 5 nitrogen and oxygen atoms in total. The average Bonchev–Trinajstić information content (AvgIpc) is 2.52. The molecule has 0 amide bonds. The molecule has 0 heterocycles. The highest BCUT2D eigenvalue weighted by Gasteiger charge is 2.04. The highest BCUT2D eigenvalue weighted by atomic mass is 35.5. The standard InChI is InChI=1S/C15H16ClN3O2/c1-21-14-7-4-12(16)8-11(14)9-18-13-5-2-10(3-6-13)15(17)19-20/h2-8,18,20H,9H2,1H3,(H2,17,19). The van der Waals surface area contributed by atoms with Crippen molar-refractivity contribution < 1.29 is 9.94 Å². The lowest BCUT2D eigenvalue weighted by molar-refractivity contribution is 0.234. The van der Waals surface area contributed by atoms with Crippen molar-refractivity contribution in [3.05, 3.63) is 58.6 Å². The van der Waals surface area contributed by atoms with Crippen LogP contribution in [0.15, 0.2) is 42.5 Å². The lowest BCUT2D eigenvalue weighted by Gasteiger charge is -2.11. The Balaban J connectivity index is 2.06. The van der Waals surface area contributed by atoms with Gasteiger partial charge in [0.15, 0.2) is 0 Å². The van der Waals surface area contributed by atoms with Crippen molar-refractivity contribution in [2.75, 3.05) is 12.4 Å². The Morgan fingerprint density at radius 2 is 1.95 bits per heavy atom. The molecule has 2 aromatic carbocycles. The number of anilines is 1. The normalized spacial score (nSPS) is 10.0. The van der Waals surface area contributed by atoms with Gasteiger partial charge in [0.05, 0.1) is 7.11 Å². The number of hydroxylamine groups is 1. The van der Waals surface area contributed by atoms with E-state index in [2.05, 4.69) is 5.32 Å². The third-order valence-corrected chi connectivity index (χ3v) is 3.25. The summed E-state index contributed by atoms with van der Waals surface area (Å²) in [6, 6.07) is 12.6. The smallest absolute Gasteiger partial charge is 0.149 e. The monoisotopic (exact) mass is 305 g/mol. The second-order valence-electron chi connectivity index (χ2n) is 4.37. The molecule has 0 aliphatic heterocycles. The molecule has 0 atom stereocenters. The lowest BCUT2D eigenvalue weighted by Crippen LogP contribution is -2.18. The van der Waals surface area contributed by atoms with Crippen molar-refractivity contribution in [1.29, 1.82) is 5.41 Å². The third kappa shape index (κ3) is 3.87. The van der Waals surface area contributed by atoms with Crippen LogP contribution in [0.3, 0.4) is 0 Å². The molecular formula is C15H16ClN3O2. The summed E-state index contributed by atoms with van der Waals surface area (Å²) in [4.78, 5) is 0. The van der Waals surface area contributed by atoms with E-state index in [0.29, 0.717) is 17.1 Å². The van der Waals surface area contributed by atoms with E-state index in [4.69, 9.17) is 27.0 Å². The van der Waals surface area contributed by atoms with Crippen LogP contribution in [0.25, 0.3) is 0 Å². The van der Waals surface area contributed by atoms with Gasteiger partial charge in [0.1, 0.15) is 11.6 Å². The molecule has 0 unspecified atom stereocenters. The minimum atomic E-state index is -0.0435. The summed E-state index contributed by atoms with van der Waals surface area (Å²) in [5, 5.41) is 20.0. The number of benzene rings is 2. The average molecular weight is 306 g/mol. The summed E-state index contributed by atoms with van der Waals surface area (Å²) in [6.45, 7) is 0.568. The van der Waals surface area contributed by atoms with Gasteiger partial charge in [0.25, 0.3) is 0 Å². The second-order valence-corrected chi connectivity index (χ2v) is 4.81. The summed E-state index contributed by atoms with van der Waals surface area (Å²) in [7, 11) is 1.62. The number of rotatable bonds is 5. The van der Waals surface area contributed by atoms with Gasteiger partial charge in [-0.2, -0.15) is 0 Å². The molecule has 0 saturated carbocycles. The zero-order chi connectivity index (χ0) is 15.2. The highest BCUT2D eigenvalue weighted by molar-refractivity contribution is 6.30. The first kappa shape index (κ1) is 15.2. The van der Waals surface area contributed by atoms with Crippen molar-refractivity contribution in [2.24, 2.45) is 0 Å². The minimum Gasteiger partial charge on any atom is -0.496 e. The van der Waals surface area contributed by atoms with Gasteiger partial charge in [-0.05, 0) is 42.5 Å². The van der Waals surface area contributed by atoms with Crippen LogP contribution in [-0.4, -0.2) is 18.2 Å². The van der Waals surface area contributed by atoms with Crippen molar-refractivity contribution in [1.82, 2.24) is 5.48 Å². The first-order chi connectivity index (χ1) is 10.1. The van der Waals surface area contributed by atoms with Crippen LogP contribution in [0, 0.1) is 5.41 Å². The van der Waals surface area contributed by atoms with Crippen molar-refractivity contribution >= 4 is 23.1 Å². The Kier molecular flexibility index (Phi) is 5.03. The van der Waals surface area contributed by atoms with E-state index in [0.717, 1.165) is 17.0 Å². The molecular weight excluding hydrogens is 290 g/mol. The van der Waals surface area contributed by atoms with E-state index in [-0.39, 0.29) is 5.84 Å². The molecule has 0 aliphatic carbocycles. The number of hydrogen-bond donors (Lipinski definition) is 4. The molecule has 21 heavy (non-hydrogen) atoms. The quantitative estimate of drug-likeness (QED) is 0.388. The Hall–Kier alpha value is -2.24. The molecule has 110 valence electrons. The number of halogens is 1. The summed E-state index contributed by atoms with van der Waals surface area (Å²) < 4.78 is 5.29. The highest BCUT2D eigenvalue weighted by Crippen LogP contribution is 2.23. The summed E-state index contributed by atoms with van der Waals surface area (Å²) in [5.74, 6) is 0.729. The maximum absolute atomic E-state index is 8.68. The van der Waals surface area contributed by atoms with Gasteiger partial charge in [0.2, 0.25) is 0 Å². The number of amidine groups is 1. The number of methoxy groups -OCH3 is 1. The molecule has 2 rings (SSSR count). The first-order valence-corrected chi connectivity index (χ1v) is 6.67. The SMILES string of the molecule is COc1ccc(Cl)cc1CNc1ccc(C(=N)NO)cc1. The lowest BCUT2D eigenvalue weighted by atomic mass is 10.1. The maximum atomic E-state index is 8.68. The minimum absolute atomic E-state index is 0.0435. The van der Waals surface area contributed by atoms with Gasteiger partial charge in [-0.25, -0.2) is 0 Å². The molecule has 2 aromatic rings. The summed E-state index contributed by atoms with van der Waals surface area (Å²) >= 11 is 5.99. The van der Waals surface area contributed by atoms with E-state index in [1.165, 1.54) is 0 Å². The van der Waals surface area contributed by atoms with Crippen LogP contribution in [-0.2, 0) is 6.54 Å². The maximum Gasteiger partial charge on any atom is 0.149 e. The Morgan fingerprint density at radius 3 is 2.57 bits per heavy atom. The fourth-order valence-electron chi connectivity index (χ4n) is 1.90. The van der Waals surface area contributed by atoms with Gasteiger partial charge in [-0.3, -0.25) is 16.1 Å². The number of nitrogens with one attached hydrogen (secondary N) is 3. The zero-order valence-corrected chi connectivity index (χ0v) is 12.2. The Morgan fingerprint density at radius 1 is 1.24 bits per heavy atom. The number of ether oxygens (including phenoxy) is 1. The van der Waals surface area contributed by atoms with Gasteiger partial charge in [0, 0.05) is 28.4 Å². The molecule has 6 heteroatoms. The van der Waals surface area contributed by atoms with Gasteiger partial charge in [-0.15, -0.1) is 0 Å². The largest absolute Gasteiger partial charge is 0.496 e.